The second kappa shape index (κ2) is 7.31. The topological polar surface area (TPSA) is 101 Å². The zero-order valence-corrected chi connectivity index (χ0v) is 10.8. The van der Waals surface area contributed by atoms with Crippen molar-refractivity contribution in [2.45, 2.75) is 0 Å². The molecule has 2 rings (SSSR count). The first-order chi connectivity index (χ1) is 10.1. The van der Waals surface area contributed by atoms with Crippen LogP contribution in [-0.4, -0.2) is 16.5 Å². The molecular weight excluding hydrogens is 272 g/mol. The van der Waals surface area contributed by atoms with Crippen LogP contribution in [0.5, 0.6) is 0 Å². The third kappa shape index (κ3) is 3.81. The summed E-state index contributed by atoms with van der Waals surface area (Å²) >= 11 is 0. The number of nitro benzene ring substituents is 1. The number of hydrogen-bond acceptors (Lipinski definition) is 5. The number of Topliss-reactive ketones (excluding diaryl/α,β-unsaturated/α-hetero) is 2. The van der Waals surface area contributed by atoms with Crippen LogP contribution in [0.4, 0.5) is 5.69 Å². The molecule has 0 unspecified atom stereocenters. The van der Waals surface area contributed by atoms with Crippen molar-refractivity contribution in [2.24, 2.45) is 0 Å². The molecule has 0 atom stereocenters. The molecular formula is C15H10N2O4. The third-order valence-corrected chi connectivity index (χ3v) is 2.58. The van der Waals surface area contributed by atoms with Gasteiger partial charge in [-0.05, 0) is 12.1 Å². The monoisotopic (exact) mass is 282 g/mol. The molecule has 6 heteroatoms. The van der Waals surface area contributed by atoms with E-state index in [0.717, 1.165) is 0 Å². The van der Waals surface area contributed by atoms with E-state index in [0.29, 0.717) is 5.56 Å². The molecule has 0 aliphatic rings. The lowest BCUT2D eigenvalue weighted by Crippen LogP contribution is -2.14. The lowest BCUT2D eigenvalue weighted by Gasteiger charge is -2.00. The molecule has 104 valence electrons. The van der Waals surface area contributed by atoms with E-state index in [1.54, 1.807) is 30.3 Å². The minimum Gasteiger partial charge on any atom is -0.285 e. The Bertz CT molecular complexity index is 676. The molecule has 6 nitrogen and oxygen atoms in total. The molecule has 0 saturated heterocycles. The van der Waals surface area contributed by atoms with Gasteiger partial charge in [0.15, 0.2) is 0 Å². The fourth-order valence-electron chi connectivity index (χ4n) is 1.59. The quantitative estimate of drug-likeness (QED) is 0.371. The Morgan fingerprint density at radius 1 is 0.857 bits per heavy atom. The number of non-ortho nitro benzene ring substituents is 1. The molecule has 0 bridgehead atoms. The highest BCUT2D eigenvalue weighted by molar-refractivity contribution is 6.49. The van der Waals surface area contributed by atoms with E-state index in [2.05, 4.69) is 6.57 Å². The van der Waals surface area contributed by atoms with Crippen molar-refractivity contribution in [2.75, 3.05) is 0 Å². The molecule has 0 aliphatic heterocycles. The molecule has 0 radical (unpaired) electrons. The summed E-state index contributed by atoms with van der Waals surface area (Å²) in [5.74, 6) is -1.31. The molecule has 0 fully saturated rings. The van der Waals surface area contributed by atoms with Gasteiger partial charge in [-0.25, -0.2) is 5.26 Å². The van der Waals surface area contributed by atoms with Gasteiger partial charge >= 0.3 is 0 Å². The number of rotatable bonds is 4. The first kappa shape index (κ1) is 15.7. The molecule has 2 aromatic rings. The first-order valence-corrected chi connectivity index (χ1v) is 5.74. The van der Waals surface area contributed by atoms with Gasteiger partial charge in [-0.1, -0.05) is 30.3 Å². The van der Waals surface area contributed by atoms with E-state index in [9.17, 15) is 19.7 Å². The van der Waals surface area contributed by atoms with Crippen LogP contribution in [0.25, 0.3) is 0 Å². The van der Waals surface area contributed by atoms with E-state index >= 15 is 0 Å². The standard InChI is InChI=1S/C14H9NO4.CHN/c16-13(10-4-2-1-3-5-10)14(17)11-6-8-12(9-7-11)15(18)19;1-2/h1-9H;1H. The second-order valence-electron chi connectivity index (χ2n) is 3.83. The van der Waals surface area contributed by atoms with Crippen molar-refractivity contribution >= 4 is 17.3 Å². The third-order valence-electron chi connectivity index (χ3n) is 2.58. The zero-order valence-electron chi connectivity index (χ0n) is 10.8. The Kier molecular flexibility index (Phi) is 5.47. The van der Waals surface area contributed by atoms with Crippen molar-refractivity contribution < 1.29 is 14.5 Å². The maximum Gasteiger partial charge on any atom is 0.269 e. The Balaban J connectivity index is 0.00000106. The summed E-state index contributed by atoms with van der Waals surface area (Å²) in [4.78, 5) is 33.7. The second-order valence-corrected chi connectivity index (χ2v) is 3.83. The lowest BCUT2D eigenvalue weighted by atomic mass is 10.0. The van der Waals surface area contributed by atoms with Crippen LogP contribution < -0.4 is 0 Å². The van der Waals surface area contributed by atoms with Gasteiger partial charge in [-0.3, -0.25) is 19.7 Å². The highest BCUT2D eigenvalue weighted by Gasteiger charge is 2.18. The van der Waals surface area contributed by atoms with Gasteiger partial charge in [0, 0.05) is 29.8 Å². The molecule has 0 aliphatic carbocycles. The van der Waals surface area contributed by atoms with Crippen molar-refractivity contribution in [3.05, 3.63) is 75.8 Å². The van der Waals surface area contributed by atoms with E-state index in [-0.39, 0.29) is 11.3 Å². The van der Waals surface area contributed by atoms with E-state index < -0.39 is 16.5 Å². The molecule has 21 heavy (non-hydrogen) atoms. The van der Waals surface area contributed by atoms with Gasteiger partial charge in [0.2, 0.25) is 11.6 Å². The molecule has 0 N–H and O–H groups in total. The number of nitriles is 1. The lowest BCUT2D eigenvalue weighted by molar-refractivity contribution is -0.384. The summed E-state index contributed by atoms with van der Waals surface area (Å²) in [6, 6.07) is 13.1. The van der Waals surface area contributed by atoms with E-state index in [4.69, 9.17) is 5.26 Å². The largest absolute Gasteiger partial charge is 0.285 e. The van der Waals surface area contributed by atoms with Crippen LogP contribution in [0.1, 0.15) is 20.7 Å². The number of carbonyl (C=O) groups excluding carboxylic acids is 2. The van der Waals surface area contributed by atoms with Gasteiger partial charge in [-0.15, -0.1) is 0 Å². The summed E-state index contributed by atoms with van der Waals surface area (Å²) in [5, 5.41) is 17.0. The van der Waals surface area contributed by atoms with Crippen LogP contribution in [0, 0.1) is 21.9 Å². The predicted molar refractivity (Wildman–Crippen MR) is 74.9 cm³/mol. The van der Waals surface area contributed by atoms with E-state index in [1.807, 2.05) is 0 Å². The fourth-order valence-corrected chi connectivity index (χ4v) is 1.59. The van der Waals surface area contributed by atoms with Crippen LogP contribution in [0.15, 0.2) is 54.6 Å². The fraction of sp³-hybridized carbons (Fsp3) is 0. The Morgan fingerprint density at radius 2 is 1.29 bits per heavy atom. The Labute approximate surface area is 120 Å². The number of nitro groups is 1. The summed E-state index contributed by atoms with van der Waals surface area (Å²) in [5.41, 5.74) is 0.314. The molecule has 2 aromatic carbocycles. The van der Waals surface area contributed by atoms with Gasteiger partial charge in [0.1, 0.15) is 0 Å². The zero-order chi connectivity index (χ0) is 15.8. The van der Waals surface area contributed by atoms with E-state index in [1.165, 1.54) is 24.3 Å². The average molecular weight is 282 g/mol. The van der Waals surface area contributed by atoms with Crippen molar-refractivity contribution in [1.82, 2.24) is 0 Å². The van der Waals surface area contributed by atoms with Gasteiger partial charge in [0.25, 0.3) is 5.69 Å². The molecule has 0 amide bonds. The van der Waals surface area contributed by atoms with Gasteiger partial charge in [-0.2, -0.15) is 0 Å². The van der Waals surface area contributed by atoms with Crippen LogP contribution in [-0.2, 0) is 0 Å². The number of ketones is 2. The smallest absolute Gasteiger partial charge is 0.269 e. The minimum atomic E-state index is -0.680. The Morgan fingerprint density at radius 3 is 1.71 bits per heavy atom. The maximum absolute atomic E-state index is 11.9. The number of carbonyl (C=O) groups is 2. The van der Waals surface area contributed by atoms with Gasteiger partial charge < -0.3 is 0 Å². The summed E-state index contributed by atoms with van der Waals surface area (Å²) < 4.78 is 0. The molecule has 0 saturated carbocycles. The minimum absolute atomic E-state index is 0.122. The summed E-state index contributed by atoms with van der Waals surface area (Å²) in [7, 11) is 0. The predicted octanol–water partition coefficient (Wildman–Crippen LogP) is 2.80. The van der Waals surface area contributed by atoms with Crippen molar-refractivity contribution in [3.8, 4) is 6.57 Å². The molecule has 0 heterocycles. The van der Waals surface area contributed by atoms with Crippen LogP contribution >= 0.6 is 0 Å². The number of nitrogens with zero attached hydrogens (tertiary/aromatic N) is 2. The number of hydrogen-bond donors (Lipinski definition) is 0. The highest BCUT2D eigenvalue weighted by Crippen LogP contribution is 2.14. The summed E-state index contributed by atoms with van der Waals surface area (Å²) in [6.07, 6.45) is 0. The van der Waals surface area contributed by atoms with Crippen LogP contribution in [0.2, 0.25) is 0 Å². The number of benzene rings is 2. The van der Waals surface area contributed by atoms with Crippen molar-refractivity contribution in [3.63, 3.8) is 0 Å². The average Bonchev–Trinajstić information content (AvgIpc) is 2.56. The summed E-state index contributed by atoms with van der Waals surface area (Å²) in [6.45, 7) is 3.50. The van der Waals surface area contributed by atoms with Crippen LogP contribution in [0.3, 0.4) is 0 Å². The first-order valence-electron chi connectivity index (χ1n) is 5.74. The van der Waals surface area contributed by atoms with Gasteiger partial charge in [0.05, 0.1) is 4.92 Å². The van der Waals surface area contributed by atoms with Crippen molar-refractivity contribution in [1.29, 1.82) is 5.26 Å². The highest BCUT2D eigenvalue weighted by atomic mass is 16.6. The Hall–Kier alpha value is -3.33. The molecule has 0 aromatic heterocycles. The SMILES string of the molecule is C#N.O=C(C(=O)c1ccc([N+](=O)[O-])cc1)c1ccccc1. The maximum atomic E-state index is 11.9. The normalized spacial score (nSPS) is 9.05. The molecule has 0 spiro atoms.